The lowest BCUT2D eigenvalue weighted by molar-refractivity contribution is 0.298. The average Bonchev–Trinajstić information content (AvgIpc) is 2.31. The van der Waals surface area contributed by atoms with Crippen LogP contribution in [0.3, 0.4) is 0 Å². The summed E-state index contributed by atoms with van der Waals surface area (Å²) in [5, 5.41) is 8.51. The van der Waals surface area contributed by atoms with Gasteiger partial charge in [-0.2, -0.15) is 5.26 Å². The van der Waals surface area contributed by atoms with E-state index in [-0.39, 0.29) is 0 Å². The third kappa shape index (κ3) is 4.57. The maximum absolute atomic E-state index is 8.51. The molecule has 0 N–H and O–H groups in total. The van der Waals surface area contributed by atoms with Crippen molar-refractivity contribution in [3.8, 4) is 6.07 Å². The Labute approximate surface area is 91.4 Å². The van der Waals surface area contributed by atoms with E-state index in [1.165, 1.54) is 5.56 Å². The van der Waals surface area contributed by atoms with Crippen molar-refractivity contribution in [2.75, 3.05) is 19.6 Å². The molecule has 1 rings (SSSR count). The second-order valence-corrected chi connectivity index (χ2v) is 3.45. The minimum atomic E-state index is 0.612. The van der Waals surface area contributed by atoms with Gasteiger partial charge in [-0.3, -0.25) is 4.98 Å². The lowest BCUT2D eigenvalue weighted by Gasteiger charge is -2.18. The molecule has 15 heavy (non-hydrogen) atoms. The first-order valence-corrected chi connectivity index (χ1v) is 5.35. The highest BCUT2D eigenvalue weighted by Crippen LogP contribution is 2.00. The van der Waals surface area contributed by atoms with Crippen LogP contribution >= 0.6 is 0 Å². The molecular formula is C12H17N3. The van der Waals surface area contributed by atoms with Gasteiger partial charge in [-0.1, -0.05) is 13.0 Å². The molecule has 0 saturated carbocycles. The standard InChI is InChI=1S/C12H17N3/c1-2-15(9-4-7-13)10-6-12-5-3-8-14-11-12/h3,5,8,11H,2,4,6,9-10H2,1H3. The van der Waals surface area contributed by atoms with Gasteiger partial charge in [-0.15, -0.1) is 0 Å². The first kappa shape index (κ1) is 11.7. The number of nitrogens with zero attached hydrogens (tertiary/aromatic N) is 3. The molecule has 0 atom stereocenters. The maximum atomic E-state index is 8.51. The molecule has 1 aromatic heterocycles. The van der Waals surface area contributed by atoms with Crippen molar-refractivity contribution in [1.82, 2.24) is 9.88 Å². The van der Waals surface area contributed by atoms with Crippen molar-refractivity contribution in [3.63, 3.8) is 0 Å². The van der Waals surface area contributed by atoms with E-state index < -0.39 is 0 Å². The van der Waals surface area contributed by atoms with E-state index in [2.05, 4.69) is 28.9 Å². The van der Waals surface area contributed by atoms with Gasteiger partial charge in [-0.05, 0) is 24.6 Å². The highest BCUT2D eigenvalue weighted by atomic mass is 15.1. The Morgan fingerprint density at radius 3 is 2.93 bits per heavy atom. The van der Waals surface area contributed by atoms with Crippen LogP contribution in [-0.2, 0) is 6.42 Å². The fraction of sp³-hybridized carbons (Fsp3) is 0.500. The van der Waals surface area contributed by atoms with Crippen LogP contribution < -0.4 is 0 Å². The Morgan fingerprint density at radius 2 is 2.33 bits per heavy atom. The first-order chi connectivity index (χ1) is 7.36. The summed E-state index contributed by atoms with van der Waals surface area (Å²) < 4.78 is 0. The molecule has 1 heterocycles. The normalized spacial score (nSPS) is 10.2. The molecule has 0 aliphatic rings. The van der Waals surface area contributed by atoms with Gasteiger partial charge in [-0.25, -0.2) is 0 Å². The summed E-state index contributed by atoms with van der Waals surface area (Å²) in [6.45, 7) is 5.00. The van der Waals surface area contributed by atoms with Crippen molar-refractivity contribution < 1.29 is 0 Å². The Balaban J connectivity index is 2.31. The summed E-state index contributed by atoms with van der Waals surface area (Å²) >= 11 is 0. The van der Waals surface area contributed by atoms with Crippen LogP contribution in [0, 0.1) is 11.3 Å². The zero-order valence-corrected chi connectivity index (χ0v) is 9.19. The molecule has 0 amide bonds. The third-order valence-electron chi connectivity index (χ3n) is 2.43. The van der Waals surface area contributed by atoms with Crippen LogP contribution in [-0.4, -0.2) is 29.5 Å². The summed E-state index contributed by atoms with van der Waals surface area (Å²) in [4.78, 5) is 6.37. The molecule has 0 bridgehead atoms. The van der Waals surface area contributed by atoms with Crippen LogP contribution in [0.4, 0.5) is 0 Å². The largest absolute Gasteiger partial charge is 0.302 e. The van der Waals surface area contributed by atoms with Gasteiger partial charge in [0.15, 0.2) is 0 Å². The second-order valence-electron chi connectivity index (χ2n) is 3.45. The molecule has 0 unspecified atom stereocenters. The van der Waals surface area contributed by atoms with E-state index in [0.29, 0.717) is 6.42 Å². The smallest absolute Gasteiger partial charge is 0.0635 e. The summed E-state index contributed by atoms with van der Waals surface area (Å²) in [6.07, 6.45) is 5.31. The molecular weight excluding hydrogens is 186 g/mol. The fourth-order valence-electron chi connectivity index (χ4n) is 1.47. The molecule has 80 valence electrons. The zero-order valence-electron chi connectivity index (χ0n) is 9.19. The highest BCUT2D eigenvalue weighted by Gasteiger charge is 2.01. The van der Waals surface area contributed by atoms with Gasteiger partial charge in [0.2, 0.25) is 0 Å². The fourth-order valence-corrected chi connectivity index (χ4v) is 1.47. The summed E-state index contributed by atoms with van der Waals surface area (Å²) in [6, 6.07) is 6.22. The number of hydrogen-bond donors (Lipinski definition) is 0. The third-order valence-corrected chi connectivity index (χ3v) is 2.43. The minimum absolute atomic E-state index is 0.612. The first-order valence-electron chi connectivity index (χ1n) is 5.35. The van der Waals surface area contributed by atoms with Crippen LogP contribution in [0.2, 0.25) is 0 Å². The molecule has 0 fully saturated rings. The van der Waals surface area contributed by atoms with Gasteiger partial charge in [0, 0.05) is 31.9 Å². The summed E-state index contributed by atoms with van der Waals surface area (Å²) in [7, 11) is 0. The van der Waals surface area contributed by atoms with E-state index in [1.54, 1.807) is 6.20 Å². The Kier molecular flexibility index (Phi) is 5.42. The summed E-state index contributed by atoms with van der Waals surface area (Å²) in [5.41, 5.74) is 1.26. The molecule has 0 aromatic carbocycles. The number of aromatic nitrogens is 1. The van der Waals surface area contributed by atoms with Crippen molar-refractivity contribution in [2.45, 2.75) is 19.8 Å². The van der Waals surface area contributed by atoms with Gasteiger partial charge in [0.25, 0.3) is 0 Å². The SMILES string of the molecule is CCN(CCC#N)CCc1cccnc1. The van der Waals surface area contributed by atoms with Crippen molar-refractivity contribution >= 4 is 0 Å². The lowest BCUT2D eigenvalue weighted by Crippen LogP contribution is -2.26. The van der Waals surface area contributed by atoms with Gasteiger partial charge in [0.1, 0.15) is 0 Å². The predicted octanol–water partition coefficient (Wildman–Crippen LogP) is 1.86. The molecule has 0 aliphatic carbocycles. The van der Waals surface area contributed by atoms with Crippen molar-refractivity contribution in [3.05, 3.63) is 30.1 Å². The van der Waals surface area contributed by atoms with E-state index in [9.17, 15) is 0 Å². The molecule has 1 aromatic rings. The summed E-state index contributed by atoms with van der Waals surface area (Å²) in [5.74, 6) is 0. The highest BCUT2D eigenvalue weighted by molar-refractivity contribution is 5.08. The van der Waals surface area contributed by atoms with Crippen molar-refractivity contribution in [1.29, 1.82) is 5.26 Å². The number of likely N-dealkylation sites (N-methyl/N-ethyl adjacent to an activating group) is 1. The molecule has 0 saturated heterocycles. The minimum Gasteiger partial charge on any atom is -0.302 e. The number of rotatable bonds is 6. The van der Waals surface area contributed by atoms with Gasteiger partial charge in [0.05, 0.1) is 6.07 Å². The zero-order chi connectivity index (χ0) is 10.9. The predicted molar refractivity (Wildman–Crippen MR) is 60.3 cm³/mol. The van der Waals surface area contributed by atoms with Crippen LogP contribution in [0.15, 0.2) is 24.5 Å². The molecule has 0 radical (unpaired) electrons. The topological polar surface area (TPSA) is 39.9 Å². The van der Waals surface area contributed by atoms with Gasteiger partial charge >= 0.3 is 0 Å². The molecule has 0 aliphatic heterocycles. The number of nitriles is 1. The molecule has 3 nitrogen and oxygen atoms in total. The quantitative estimate of drug-likeness (QED) is 0.708. The molecule has 3 heteroatoms. The van der Waals surface area contributed by atoms with E-state index >= 15 is 0 Å². The van der Waals surface area contributed by atoms with Gasteiger partial charge < -0.3 is 4.90 Å². The van der Waals surface area contributed by atoms with Crippen LogP contribution in [0.1, 0.15) is 18.9 Å². The number of hydrogen-bond acceptors (Lipinski definition) is 3. The number of pyridine rings is 1. The average molecular weight is 203 g/mol. The maximum Gasteiger partial charge on any atom is 0.0635 e. The van der Waals surface area contributed by atoms with Crippen LogP contribution in [0.25, 0.3) is 0 Å². The Bertz CT molecular complexity index is 302. The van der Waals surface area contributed by atoms with E-state index in [1.807, 2.05) is 12.3 Å². The Morgan fingerprint density at radius 1 is 1.47 bits per heavy atom. The van der Waals surface area contributed by atoms with E-state index in [4.69, 9.17) is 5.26 Å². The Hall–Kier alpha value is -1.40. The second kappa shape index (κ2) is 6.97. The molecule has 0 spiro atoms. The lowest BCUT2D eigenvalue weighted by atomic mass is 10.2. The monoisotopic (exact) mass is 203 g/mol. The van der Waals surface area contributed by atoms with E-state index in [0.717, 1.165) is 26.1 Å². The van der Waals surface area contributed by atoms with Crippen molar-refractivity contribution in [2.24, 2.45) is 0 Å². The van der Waals surface area contributed by atoms with Crippen LogP contribution in [0.5, 0.6) is 0 Å².